The molecule has 1 N–H and O–H groups in total. The van der Waals surface area contributed by atoms with Gasteiger partial charge in [-0.05, 0) is 62.6 Å². The van der Waals surface area contributed by atoms with Crippen LogP contribution in [0, 0.1) is 0 Å². The number of rotatable bonds is 6. The van der Waals surface area contributed by atoms with E-state index in [9.17, 15) is 9.59 Å². The first-order valence-electron chi connectivity index (χ1n) is 10.9. The quantitative estimate of drug-likeness (QED) is 0.773. The Morgan fingerprint density at radius 1 is 1.06 bits per heavy atom. The Morgan fingerprint density at radius 3 is 2.45 bits per heavy atom. The number of benzene rings is 2. The normalized spacial score (nSPS) is 16.7. The molecule has 0 saturated heterocycles. The second-order valence-electron chi connectivity index (χ2n) is 7.82. The van der Waals surface area contributed by atoms with Gasteiger partial charge < -0.3 is 14.8 Å². The highest BCUT2D eigenvalue weighted by Gasteiger charge is 2.33. The summed E-state index contributed by atoms with van der Waals surface area (Å²) >= 11 is 0. The Bertz CT molecular complexity index is 991. The third-order valence-electron chi connectivity index (χ3n) is 5.85. The van der Waals surface area contributed by atoms with Gasteiger partial charge >= 0.3 is 0 Å². The lowest BCUT2D eigenvalue weighted by molar-refractivity contribution is -0.125. The zero-order valence-corrected chi connectivity index (χ0v) is 18.3. The molecular weight excluding hydrogens is 394 g/mol. The van der Waals surface area contributed by atoms with E-state index in [1.165, 1.54) is 5.56 Å². The van der Waals surface area contributed by atoms with Crippen molar-refractivity contribution in [2.45, 2.75) is 39.8 Å². The highest BCUT2D eigenvalue weighted by Crippen LogP contribution is 2.35. The molecule has 2 aromatic carbocycles. The van der Waals surface area contributed by atoms with Crippen LogP contribution >= 0.6 is 0 Å². The second kappa shape index (κ2) is 8.98. The number of amides is 2. The maximum atomic E-state index is 13.4. The molecule has 0 unspecified atom stereocenters. The average molecular weight is 424 g/mol. The van der Waals surface area contributed by atoms with Crippen LogP contribution in [-0.4, -0.2) is 49.1 Å². The van der Waals surface area contributed by atoms with Crippen molar-refractivity contribution >= 4 is 23.2 Å². The lowest BCUT2D eigenvalue weighted by atomic mass is 9.97. The number of nitrogens with one attached hydrogen (secondary N) is 1. The van der Waals surface area contributed by atoms with Gasteiger partial charge in [-0.2, -0.15) is 0 Å². The fourth-order valence-electron chi connectivity index (χ4n) is 4.26. The van der Waals surface area contributed by atoms with Gasteiger partial charge in [0.25, 0.3) is 0 Å². The van der Waals surface area contributed by atoms with E-state index in [4.69, 9.17) is 9.47 Å². The van der Waals surface area contributed by atoms with E-state index in [0.717, 1.165) is 35.7 Å². The molecule has 0 spiro atoms. The number of anilines is 2. The van der Waals surface area contributed by atoms with Crippen molar-refractivity contribution < 1.29 is 19.1 Å². The van der Waals surface area contributed by atoms with Gasteiger partial charge in [-0.25, -0.2) is 0 Å². The van der Waals surface area contributed by atoms with E-state index in [1.807, 2.05) is 51.1 Å². The predicted octanol–water partition coefficient (Wildman–Crippen LogP) is 3.22. The van der Waals surface area contributed by atoms with Crippen molar-refractivity contribution in [3.05, 3.63) is 47.5 Å². The van der Waals surface area contributed by atoms with Crippen molar-refractivity contribution in [2.75, 3.05) is 36.5 Å². The molecule has 1 atom stereocenters. The number of carbonyl (C=O) groups is 2. The van der Waals surface area contributed by atoms with Gasteiger partial charge in [-0.3, -0.25) is 19.4 Å². The maximum absolute atomic E-state index is 13.4. The fourth-order valence-corrected chi connectivity index (χ4v) is 4.26. The Labute approximate surface area is 182 Å². The van der Waals surface area contributed by atoms with Crippen LogP contribution in [0.4, 0.5) is 11.4 Å². The van der Waals surface area contributed by atoms with Gasteiger partial charge in [0, 0.05) is 13.1 Å². The summed E-state index contributed by atoms with van der Waals surface area (Å²) in [5.41, 5.74) is 3.80. The van der Waals surface area contributed by atoms with E-state index < -0.39 is 0 Å². The number of fused-ring (bicyclic) bond motifs is 2. The summed E-state index contributed by atoms with van der Waals surface area (Å²) in [4.78, 5) is 29.3. The van der Waals surface area contributed by atoms with Gasteiger partial charge in [-0.1, -0.05) is 12.1 Å². The highest BCUT2D eigenvalue weighted by molar-refractivity contribution is 6.11. The number of para-hydroxylation sites is 2. The Balaban J connectivity index is 1.55. The van der Waals surface area contributed by atoms with E-state index >= 15 is 0 Å². The van der Waals surface area contributed by atoms with Crippen LogP contribution in [0.15, 0.2) is 36.4 Å². The number of nitrogens with zero attached hydrogens (tertiary/aromatic N) is 2. The molecule has 2 heterocycles. The van der Waals surface area contributed by atoms with Gasteiger partial charge in [0.2, 0.25) is 11.8 Å². The van der Waals surface area contributed by atoms with Gasteiger partial charge in [0.05, 0.1) is 30.6 Å². The molecular formula is C24H29N3O4. The summed E-state index contributed by atoms with van der Waals surface area (Å²) in [6.45, 7) is 8.43. The van der Waals surface area contributed by atoms with E-state index in [-0.39, 0.29) is 24.4 Å². The number of hydrogen-bond acceptors (Lipinski definition) is 5. The molecule has 0 bridgehead atoms. The van der Waals surface area contributed by atoms with Crippen molar-refractivity contribution in [2.24, 2.45) is 0 Å². The Kier molecular flexibility index (Phi) is 6.13. The first-order valence-corrected chi connectivity index (χ1v) is 10.9. The molecule has 164 valence electrons. The fraction of sp³-hybridized carbons (Fsp3) is 0.417. The zero-order valence-electron chi connectivity index (χ0n) is 18.3. The predicted molar refractivity (Wildman–Crippen MR) is 120 cm³/mol. The largest absolute Gasteiger partial charge is 0.490 e. The van der Waals surface area contributed by atoms with Crippen molar-refractivity contribution in [3.8, 4) is 11.5 Å². The van der Waals surface area contributed by atoms with Crippen LogP contribution in [-0.2, 0) is 22.6 Å². The SMILES string of the molecule is CCOc1cc2c(cc1OCC)CN([C@H](C)C(=O)N1CC(=O)Nc3ccccc31)CC2. The number of carbonyl (C=O) groups excluding carboxylic acids is 2. The number of ether oxygens (including phenoxy) is 2. The molecule has 2 amide bonds. The van der Waals surface area contributed by atoms with E-state index in [2.05, 4.69) is 16.3 Å². The molecule has 2 aliphatic rings. The van der Waals surface area contributed by atoms with Gasteiger partial charge in [0.1, 0.15) is 6.54 Å². The molecule has 0 saturated carbocycles. The van der Waals surface area contributed by atoms with Gasteiger partial charge in [0.15, 0.2) is 11.5 Å². The van der Waals surface area contributed by atoms with Crippen LogP contribution in [0.25, 0.3) is 0 Å². The molecule has 31 heavy (non-hydrogen) atoms. The summed E-state index contributed by atoms with van der Waals surface area (Å²) in [6.07, 6.45) is 0.830. The summed E-state index contributed by atoms with van der Waals surface area (Å²) in [5, 5.41) is 2.84. The topological polar surface area (TPSA) is 71.1 Å². The zero-order chi connectivity index (χ0) is 22.0. The van der Waals surface area contributed by atoms with Crippen LogP contribution in [0.3, 0.4) is 0 Å². The lowest BCUT2D eigenvalue weighted by Crippen LogP contribution is -2.52. The van der Waals surface area contributed by atoms with Crippen LogP contribution in [0.5, 0.6) is 11.5 Å². The average Bonchev–Trinajstić information content (AvgIpc) is 2.78. The standard InChI is InChI=1S/C24H29N3O4/c1-4-30-21-12-17-10-11-26(14-18(17)13-22(21)31-5-2)16(3)24(29)27-15-23(28)25-19-8-6-7-9-20(19)27/h6-9,12-13,16H,4-5,10-11,14-15H2,1-3H3,(H,25,28)/t16-/m1/s1. The van der Waals surface area contributed by atoms with Crippen LogP contribution < -0.4 is 19.7 Å². The summed E-state index contributed by atoms with van der Waals surface area (Å²) in [5.74, 6) is 1.27. The molecule has 2 aromatic rings. The monoisotopic (exact) mass is 423 g/mol. The smallest absolute Gasteiger partial charge is 0.244 e. The third-order valence-corrected chi connectivity index (χ3v) is 5.85. The van der Waals surface area contributed by atoms with Crippen LogP contribution in [0.1, 0.15) is 31.9 Å². The minimum absolute atomic E-state index is 0.0385. The molecule has 0 aliphatic carbocycles. The molecule has 0 fully saturated rings. The molecule has 7 heteroatoms. The Hall–Kier alpha value is -3.06. The maximum Gasteiger partial charge on any atom is 0.244 e. The molecule has 4 rings (SSSR count). The minimum Gasteiger partial charge on any atom is -0.490 e. The second-order valence-corrected chi connectivity index (χ2v) is 7.82. The summed E-state index contributed by atoms with van der Waals surface area (Å²) in [6, 6.07) is 11.2. The third kappa shape index (κ3) is 4.23. The van der Waals surface area contributed by atoms with Crippen molar-refractivity contribution in [1.82, 2.24) is 4.90 Å². The van der Waals surface area contributed by atoms with Gasteiger partial charge in [-0.15, -0.1) is 0 Å². The first-order chi connectivity index (χ1) is 15.0. The Morgan fingerprint density at radius 2 is 1.74 bits per heavy atom. The molecule has 7 nitrogen and oxygen atoms in total. The summed E-state index contributed by atoms with van der Waals surface area (Å²) in [7, 11) is 0. The highest BCUT2D eigenvalue weighted by atomic mass is 16.5. The lowest BCUT2D eigenvalue weighted by Gasteiger charge is -2.37. The van der Waals surface area contributed by atoms with E-state index in [1.54, 1.807) is 4.90 Å². The molecule has 0 radical (unpaired) electrons. The van der Waals surface area contributed by atoms with Crippen LogP contribution in [0.2, 0.25) is 0 Å². The number of hydrogen-bond donors (Lipinski definition) is 1. The molecule has 0 aromatic heterocycles. The first kappa shape index (κ1) is 21.2. The van der Waals surface area contributed by atoms with E-state index in [0.29, 0.717) is 25.4 Å². The molecule has 2 aliphatic heterocycles. The van der Waals surface area contributed by atoms with Crippen molar-refractivity contribution in [3.63, 3.8) is 0 Å². The minimum atomic E-state index is -0.353. The summed E-state index contributed by atoms with van der Waals surface area (Å²) < 4.78 is 11.5. The van der Waals surface area contributed by atoms with Crippen molar-refractivity contribution in [1.29, 1.82) is 0 Å².